The van der Waals surface area contributed by atoms with Crippen molar-refractivity contribution in [3.8, 4) is 0 Å². The van der Waals surface area contributed by atoms with Crippen LogP contribution in [0, 0.1) is 5.92 Å². The number of carboxylic acid groups (broad SMARTS) is 1. The van der Waals surface area contributed by atoms with Crippen molar-refractivity contribution < 1.29 is 19.1 Å². The van der Waals surface area contributed by atoms with Gasteiger partial charge < -0.3 is 14.4 Å². The van der Waals surface area contributed by atoms with Gasteiger partial charge in [-0.3, -0.25) is 4.79 Å². The molecule has 1 saturated carbocycles. The maximum Gasteiger partial charge on any atom is 0.326 e. The summed E-state index contributed by atoms with van der Waals surface area (Å²) in [4.78, 5) is 25.8. The molecule has 5 heteroatoms. The summed E-state index contributed by atoms with van der Waals surface area (Å²) in [5.74, 6) is 0.176. The standard InChI is InChI=1S/C16H21NO4/c1-2-11-7-8-14(21-11)15(18)17-12-6-4-3-5-10(12)9-13(17)16(19)20/h7-8,10,12-13H,2-6,9H2,1H3,(H,19,20)/t10-,12+,13-/m0/s1. The van der Waals surface area contributed by atoms with E-state index in [-0.39, 0.29) is 17.7 Å². The van der Waals surface area contributed by atoms with E-state index in [2.05, 4.69) is 0 Å². The van der Waals surface area contributed by atoms with Crippen LogP contribution in [0.5, 0.6) is 0 Å². The van der Waals surface area contributed by atoms with Crippen LogP contribution in [-0.4, -0.2) is 34.0 Å². The predicted octanol–water partition coefficient (Wildman–Crippen LogP) is 2.70. The first-order chi connectivity index (χ1) is 10.1. The zero-order valence-electron chi connectivity index (χ0n) is 12.2. The Morgan fingerprint density at radius 2 is 2.10 bits per heavy atom. The molecule has 1 aliphatic carbocycles. The number of hydrogen-bond acceptors (Lipinski definition) is 3. The molecule has 1 amide bonds. The van der Waals surface area contributed by atoms with Gasteiger partial charge in [-0.25, -0.2) is 4.79 Å². The fourth-order valence-corrected chi connectivity index (χ4v) is 3.78. The Kier molecular flexibility index (Phi) is 3.74. The SMILES string of the molecule is CCc1ccc(C(=O)N2[C@@H]3CCCC[C@H]3C[C@H]2C(=O)O)o1. The lowest BCUT2D eigenvalue weighted by Gasteiger charge is -2.32. The van der Waals surface area contributed by atoms with Crippen LogP contribution in [0.25, 0.3) is 0 Å². The maximum atomic E-state index is 12.7. The number of amides is 1. The van der Waals surface area contributed by atoms with E-state index in [0.29, 0.717) is 12.3 Å². The van der Waals surface area contributed by atoms with Gasteiger partial charge in [0.25, 0.3) is 5.91 Å². The summed E-state index contributed by atoms with van der Waals surface area (Å²) >= 11 is 0. The molecule has 2 heterocycles. The molecule has 0 aromatic carbocycles. The molecule has 2 fully saturated rings. The molecule has 3 rings (SSSR count). The van der Waals surface area contributed by atoms with Crippen LogP contribution in [0.4, 0.5) is 0 Å². The molecule has 0 radical (unpaired) electrons. The Bertz CT molecular complexity index is 550. The predicted molar refractivity (Wildman–Crippen MR) is 76.0 cm³/mol. The van der Waals surface area contributed by atoms with Gasteiger partial charge in [-0.1, -0.05) is 19.8 Å². The third kappa shape index (κ3) is 2.45. The van der Waals surface area contributed by atoms with Crippen molar-refractivity contribution in [3.63, 3.8) is 0 Å². The number of carboxylic acids is 1. The first-order valence-electron chi connectivity index (χ1n) is 7.76. The molecule has 21 heavy (non-hydrogen) atoms. The van der Waals surface area contributed by atoms with Crippen LogP contribution in [0.1, 0.15) is 55.3 Å². The Morgan fingerprint density at radius 3 is 2.76 bits per heavy atom. The molecule has 2 aliphatic rings. The maximum absolute atomic E-state index is 12.7. The average Bonchev–Trinajstić information content (AvgIpc) is 3.11. The summed E-state index contributed by atoms with van der Waals surface area (Å²) in [7, 11) is 0. The highest BCUT2D eigenvalue weighted by Crippen LogP contribution is 2.40. The van der Waals surface area contributed by atoms with Crippen molar-refractivity contribution in [3.05, 3.63) is 23.7 Å². The van der Waals surface area contributed by atoms with Gasteiger partial charge in [0.05, 0.1) is 0 Å². The normalized spacial score (nSPS) is 28.4. The molecule has 1 aliphatic heterocycles. The molecular weight excluding hydrogens is 270 g/mol. The molecule has 5 nitrogen and oxygen atoms in total. The topological polar surface area (TPSA) is 70.8 Å². The zero-order chi connectivity index (χ0) is 15.0. The Hall–Kier alpha value is -1.78. The van der Waals surface area contributed by atoms with Crippen LogP contribution in [0.2, 0.25) is 0 Å². The van der Waals surface area contributed by atoms with E-state index in [1.165, 1.54) is 0 Å². The number of hydrogen-bond donors (Lipinski definition) is 1. The number of nitrogens with zero attached hydrogens (tertiary/aromatic N) is 1. The number of aryl methyl sites for hydroxylation is 1. The number of carbonyl (C=O) groups excluding carboxylic acids is 1. The Balaban J connectivity index is 1.88. The highest BCUT2D eigenvalue weighted by atomic mass is 16.4. The van der Waals surface area contributed by atoms with E-state index in [0.717, 1.165) is 37.9 Å². The van der Waals surface area contributed by atoms with Crippen LogP contribution in [0.15, 0.2) is 16.5 Å². The van der Waals surface area contributed by atoms with Crippen LogP contribution in [-0.2, 0) is 11.2 Å². The second kappa shape index (κ2) is 5.54. The largest absolute Gasteiger partial charge is 0.480 e. The molecule has 3 atom stereocenters. The first-order valence-corrected chi connectivity index (χ1v) is 7.76. The molecule has 0 bridgehead atoms. The fraction of sp³-hybridized carbons (Fsp3) is 0.625. The quantitative estimate of drug-likeness (QED) is 0.929. The molecule has 114 valence electrons. The van der Waals surface area contributed by atoms with Gasteiger partial charge in [0.15, 0.2) is 5.76 Å². The van der Waals surface area contributed by atoms with E-state index >= 15 is 0 Å². The minimum Gasteiger partial charge on any atom is -0.480 e. The average molecular weight is 291 g/mol. The van der Waals surface area contributed by atoms with Gasteiger partial charge in [-0.2, -0.15) is 0 Å². The second-order valence-corrected chi connectivity index (χ2v) is 6.03. The van der Waals surface area contributed by atoms with E-state index in [1.807, 2.05) is 6.92 Å². The Labute approximate surface area is 123 Å². The summed E-state index contributed by atoms with van der Waals surface area (Å²) in [6, 6.07) is 2.80. The lowest BCUT2D eigenvalue weighted by molar-refractivity contribution is -0.141. The summed E-state index contributed by atoms with van der Waals surface area (Å²) < 4.78 is 5.53. The molecule has 1 aromatic heterocycles. The molecule has 1 aromatic rings. The number of furan rings is 1. The van der Waals surface area contributed by atoms with Gasteiger partial charge in [0, 0.05) is 12.5 Å². The van der Waals surface area contributed by atoms with Crippen molar-refractivity contribution in [2.45, 2.75) is 57.5 Å². The van der Waals surface area contributed by atoms with Gasteiger partial charge in [0.1, 0.15) is 11.8 Å². The second-order valence-electron chi connectivity index (χ2n) is 6.03. The lowest BCUT2D eigenvalue weighted by atomic mass is 9.84. The van der Waals surface area contributed by atoms with Gasteiger partial charge >= 0.3 is 5.97 Å². The lowest BCUT2D eigenvalue weighted by Crippen LogP contribution is -2.46. The smallest absolute Gasteiger partial charge is 0.326 e. The third-order valence-corrected chi connectivity index (χ3v) is 4.83. The van der Waals surface area contributed by atoms with Crippen LogP contribution >= 0.6 is 0 Å². The zero-order valence-corrected chi connectivity index (χ0v) is 12.2. The van der Waals surface area contributed by atoms with E-state index < -0.39 is 12.0 Å². The molecular formula is C16H21NO4. The third-order valence-electron chi connectivity index (χ3n) is 4.83. The van der Waals surface area contributed by atoms with Crippen LogP contribution in [0.3, 0.4) is 0 Å². The summed E-state index contributed by atoms with van der Waals surface area (Å²) in [5, 5.41) is 9.45. The first kappa shape index (κ1) is 14.2. The number of likely N-dealkylation sites (tertiary alicyclic amines) is 1. The molecule has 1 N–H and O–H groups in total. The van der Waals surface area contributed by atoms with Crippen molar-refractivity contribution in [1.82, 2.24) is 4.90 Å². The monoisotopic (exact) mass is 291 g/mol. The number of rotatable bonds is 3. The van der Waals surface area contributed by atoms with E-state index in [9.17, 15) is 14.7 Å². The van der Waals surface area contributed by atoms with Crippen molar-refractivity contribution in [1.29, 1.82) is 0 Å². The molecule has 1 saturated heterocycles. The summed E-state index contributed by atoms with van der Waals surface area (Å²) in [5.41, 5.74) is 0. The van der Waals surface area contributed by atoms with Gasteiger partial charge in [0.2, 0.25) is 0 Å². The number of carbonyl (C=O) groups is 2. The van der Waals surface area contributed by atoms with E-state index in [1.54, 1.807) is 17.0 Å². The summed E-state index contributed by atoms with van der Waals surface area (Å²) in [6.07, 6.45) is 5.43. The highest BCUT2D eigenvalue weighted by molar-refractivity contribution is 5.95. The van der Waals surface area contributed by atoms with E-state index in [4.69, 9.17) is 4.42 Å². The summed E-state index contributed by atoms with van der Waals surface area (Å²) in [6.45, 7) is 1.96. The minimum absolute atomic E-state index is 0.0579. The van der Waals surface area contributed by atoms with Crippen LogP contribution < -0.4 is 0 Å². The van der Waals surface area contributed by atoms with Crippen molar-refractivity contribution in [2.75, 3.05) is 0 Å². The Morgan fingerprint density at radius 1 is 1.33 bits per heavy atom. The number of fused-ring (bicyclic) bond motifs is 1. The van der Waals surface area contributed by atoms with Gasteiger partial charge in [-0.15, -0.1) is 0 Å². The molecule has 0 spiro atoms. The van der Waals surface area contributed by atoms with Crippen molar-refractivity contribution in [2.24, 2.45) is 5.92 Å². The van der Waals surface area contributed by atoms with Gasteiger partial charge in [-0.05, 0) is 37.3 Å². The minimum atomic E-state index is -0.903. The highest BCUT2D eigenvalue weighted by Gasteiger charge is 2.48. The number of aliphatic carboxylic acids is 1. The fourth-order valence-electron chi connectivity index (χ4n) is 3.78. The molecule has 0 unspecified atom stereocenters. The van der Waals surface area contributed by atoms with Crippen molar-refractivity contribution >= 4 is 11.9 Å².